The average molecular weight is 376 g/mol. The van der Waals surface area contributed by atoms with E-state index in [1.807, 2.05) is 49.4 Å². The van der Waals surface area contributed by atoms with Crippen molar-refractivity contribution in [1.29, 1.82) is 0 Å². The number of aryl methyl sites for hydroxylation is 1. The summed E-state index contributed by atoms with van der Waals surface area (Å²) in [7, 11) is 0. The Morgan fingerprint density at radius 3 is 2.79 bits per heavy atom. The molecule has 1 saturated heterocycles. The molecular weight excluding hydrogens is 356 g/mol. The Balaban J connectivity index is 1.45. The minimum Gasteiger partial charge on any atom is -0.334 e. The largest absolute Gasteiger partial charge is 0.334 e. The SMILES string of the molecule is CCc1noc(-c2cccc(NC(=O)[C@H]3CC(=O)N(c4ccccc4)C3)c2)n1. The molecule has 28 heavy (non-hydrogen) atoms. The lowest BCUT2D eigenvalue weighted by molar-refractivity contribution is -0.122. The third-order valence-corrected chi connectivity index (χ3v) is 4.73. The van der Waals surface area contributed by atoms with Gasteiger partial charge in [0.1, 0.15) is 0 Å². The summed E-state index contributed by atoms with van der Waals surface area (Å²) in [6, 6.07) is 16.6. The van der Waals surface area contributed by atoms with Crippen molar-refractivity contribution >= 4 is 23.2 Å². The number of hydrogen-bond donors (Lipinski definition) is 1. The fourth-order valence-electron chi connectivity index (χ4n) is 3.23. The fourth-order valence-corrected chi connectivity index (χ4v) is 3.23. The summed E-state index contributed by atoms with van der Waals surface area (Å²) in [5.74, 6) is 0.433. The minimum absolute atomic E-state index is 0.0435. The highest BCUT2D eigenvalue weighted by atomic mass is 16.5. The number of anilines is 2. The predicted octanol–water partition coefficient (Wildman–Crippen LogP) is 3.29. The predicted molar refractivity (Wildman–Crippen MR) is 105 cm³/mol. The lowest BCUT2D eigenvalue weighted by Gasteiger charge is -2.16. The number of carbonyl (C=O) groups excluding carboxylic acids is 2. The molecule has 1 N–H and O–H groups in total. The average Bonchev–Trinajstić information content (AvgIpc) is 3.36. The van der Waals surface area contributed by atoms with Crippen LogP contribution in [0.3, 0.4) is 0 Å². The van der Waals surface area contributed by atoms with Crippen LogP contribution in [-0.4, -0.2) is 28.5 Å². The Bertz CT molecular complexity index is 1000. The van der Waals surface area contributed by atoms with Crippen molar-refractivity contribution in [3.63, 3.8) is 0 Å². The number of hydrogen-bond acceptors (Lipinski definition) is 5. The van der Waals surface area contributed by atoms with E-state index >= 15 is 0 Å². The number of benzene rings is 2. The topological polar surface area (TPSA) is 88.3 Å². The zero-order chi connectivity index (χ0) is 19.5. The van der Waals surface area contributed by atoms with Crippen molar-refractivity contribution in [3.05, 3.63) is 60.4 Å². The van der Waals surface area contributed by atoms with Crippen LogP contribution in [0.25, 0.3) is 11.5 Å². The van der Waals surface area contributed by atoms with E-state index in [0.717, 1.165) is 11.3 Å². The summed E-state index contributed by atoms with van der Waals surface area (Å²) in [6.07, 6.45) is 0.886. The van der Waals surface area contributed by atoms with Gasteiger partial charge in [-0.05, 0) is 30.3 Å². The minimum atomic E-state index is -0.397. The molecule has 0 aliphatic carbocycles. The summed E-state index contributed by atoms with van der Waals surface area (Å²) >= 11 is 0. The Hall–Kier alpha value is -3.48. The van der Waals surface area contributed by atoms with Gasteiger partial charge >= 0.3 is 0 Å². The molecule has 7 nitrogen and oxygen atoms in total. The Morgan fingerprint density at radius 2 is 2.04 bits per heavy atom. The number of aromatic nitrogens is 2. The van der Waals surface area contributed by atoms with Gasteiger partial charge in [0.15, 0.2) is 5.82 Å². The number of para-hydroxylation sites is 1. The third-order valence-electron chi connectivity index (χ3n) is 4.73. The molecule has 2 heterocycles. The van der Waals surface area contributed by atoms with Gasteiger partial charge in [-0.2, -0.15) is 4.98 Å². The summed E-state index contributed by atoms with van der Waals surface area (Å²) in [5.41, 5.74) is 2.18. The van der Waals surface area contributed by atoms with Crippen LogP contribution in [0.1, 0.15) is 19.2 Å². The van der Waals surface area contributed by atoms with Gasteiger partial charge in [-0.3, -0.25) is 9.59 Å². The zero-order valence-electron chi connectivity index (χ0n) is 15.5. The van der Waals surface area contributed by atoms with Gasteiger partial charge in [0.05, 0.1) is 5.92 Å². The molecule has 2 aromatic carbocycles. The monoisotopic (exact) mass is 376 g/mol. The molecule has 3 aromatic rings. The first-order valence-corrected chi connectivity index (χ1v) is 9.23. The maximum Gasteiger partial charge on any atom is 0.257 e. The third kappa shape index (κ3) is 3.64. The van der Waals surface area contributed by atoms with E-state index < -0.39 is 5.92 Å². The summed E-state index contributed by atoms with van der Waals surface area (Å²) < 4.78 is 5.25. The van der Waals surface area contributed by atoms with E-state index in [1.165, 1.54) is 0 Å². The highest BCUT2D eigenvalue weighted by molar-refractivity contribution is 6.03. The maximum absolute atomic E-state index is 12.7. The number of amides is 2. The molecule has 4 rings (SSSR count). The molecule has 2 amide bonds. The van der Waals surface area contributed by atoms with Gasteiger partial charge in [-0.1, -0.05) is 36.3 Å². The first kappa shape index (κ1) is 17.9. The molecule has 0 radical (unpaired) electrons. The van der Waals surface area contributed by atoms with Gasteiger partial charge in [0.2, 0.25) is 11.8 Å². The van der Waals surface area contributed by atoms with Gasteiger partial charge < -0.3 is 14.7 Å². The molecule has 1 atom stereocenters. The van der Waals surface area contributed by atoms with Gasteiger partial charge in [-0.25, -0.2) is 0 Å². The highest BCUT2D eigenvalue weighted by Gasteiger charge is 2.35. The second kappa shape index (κ2) is 7.64. The number of rotatable bonds is 5. The molecule has 1 fully saturated rings. The number of nitrogens with one attached hydrogen (secondary N) is 1. The van der Waals surface area contributed by atoms with E-state index in [-0.39, 0.29) is 18.2 Å². The Kier molecular flexibility index (Phi) is 4.89. The smallest absolute Gasteiger partial charge is 0.257 e. The molecule has 0 saturated carbocycles. The Morgan fingerprint density at radius 1 is 1.21 bits per heavy atom. The quantitative estimate of drug-likeness (QED) is 0.738. The fraction of sp³-hybridized carbons (Fsp3) is 0.238. The lowest BCUT2D eigenvalue weighted by atomic mass is 10.1. The molecule has 142 valence electrons. The van der Waals surface area contributed by atoms with E-state index in [9.17, 15) is 9.59 Å². The first-order chi connectivity index (χ1) is 13.6. The van der Waals surface area contributed by atoms with Crippen molar-refractivity contribution in [2.75, 3.05) is 16.8 Å². The molecule has 0 unspecified atom stereocenters. The molecule has 1 aliphatic rings. The van der Waals surface area contributed by atoms with Crippen LogP contribution in [0.15, 0.2) is 59.1 Å². The van der Waals surface area contributed by atoms with Crippen LogP contribution in [0, 0.1) is 5.92 Å². The van der Waals surface area contributed by atoms with Crippen molar-refractivity contribution in [2.24, 2.45) is 5.92 Å². The first-order valence-electron chi connectivity index (χ1n) is 9.23. The standard InChI is InChI=1S/C21H20N4O3/c1-2-18-23-21(28-24-18)14-7-6-8-16(11-14)22-20(27)15-12-19(26)25(13-15)17-9-4-3-5-10-17/h3-11,15H,2,12-13H2,1H3,(H,22,27)/t15-/m0/s1. The molecule has 1 aliphatic heterocycles. The highest BCUT2D eigenvalue weighted by Crippen LogP contribution is 2.27. The second-order valence-corrected chi connectivity index (χ2v) is 6.68. The molecule has 1 aromatic heterocycles. The van der Waals surface area contributed by atoms with Crippen molar-refractivity contribution in [1.82, 2.24) is 10.1 Å². The zero-order valence-corrected chi connectivity index (χ0v) is 15.5. The second-order valence-electron chi connectivity index (χ2n) is 6.68. The van der Waals surface area contributed by atoms with E-state index in [2.05, 4.69) is 15.5 Å². The summed E-state index contributed by atoms with van der Waals surface area (Å²) in [5, 5.41) is 6.79. The van der Waals surface area contributed by atoms with Gasteiger partial charge in [0.25, 0.3) is 5.89 Å². The van der Waals surface area contributed by atoms with Gasteiger partial charge in [-0.15, -0.1) is 0 Å². The van der Waals surface area contributed by atoms with E-state index in [1.54, 1.807) is 17.0 Å². The van der Waals surface area contributed by atoms with E-state index in [4.69, 9.17) is 4.52 Å². The number of carbonyl (C=O) groups is 2. The van der Waals surface area contributed by atoms with Crippen LogP contribution in [-0.2, 0) is 16.0 Å². The van der Waals surface area contributed by atoms with Gasteiger partial charge in [0, 0.05) is 36.3 Å². The molecule has 0 spiro atoms. The van der Waals surface area contributed by atoms with Crippen LogP contribution >= 0.6 is 0 Å². The van der Waals surface area contributed by atoms with Crippen molar-refractivity contribution < 1.29 is 14.1 Å². The summed E-state index contributed by atoms with van der Waals surface area (Å²) in [6.45, 7) is 2.32. The Labute approximate surface area is 162 Å². The van der Waals surface area contributed by atoms with Crippen LogP contribution < -0.4 is 10.2 Å². The van der Waals surface area contributed by atoms with Crippen LogP contribution in [0.2, 0.25) is 0 Å². The lowest BCUT2D eigenvalue weighted by Crippen LogP contribution is -2.28. The molecular formula is C21H20N4O3. The van der Waals surface area contributed by atoms with Crippen molar-refractivity contribution in [2.45, 2.75) is 19.8 Å². The maximum atomic E-state index is 12.7. The van der Waals surface area contributed by atoms with E-state index in [0.29, 0.717) is 30.4 Å². The van der Waals surface area contributed by atoms with Crippen LogP contribution in [0.5, 0.6) is 0 Å². The normalized spacial score (nSPS) is 16.4. The summed E-state index contributed by atoms with van der Waals surface area (Å²) in [4.78, 5) is 31.0. The number of nitrogens with zero attached hydrogens (tertiary/aromatic N) is 3. The van der Waals surface area contributed by atoms with Crippen LogP contribution in [0.4, 0.5) is 11.4 Å². The molecule has 0 bridgehead atoms. The van der Waals surface area contributed by atoms with Crippen molar-refractivity contribution in [3.8, 4) is 11.5 Å². The molecule has 7 heteroatoms.